The second-order valence-corrected chi connectivity index (χ2v) is 4.22. The van der Waals surface area contributed by atoms with Gasteiger partial charge in [0.25, 0.3) is 0 Å². The molecule has 98 valence electrons. The smallest absolute Gasteiger partial charge is 0.232 e. The second-order valence-electron chi connectivity index (χ2n) is 4.22. The Balaban J connectivity index is 2.18. The van der Waals surface area contributed by atoms with E-state index in [1.807, 2.05) is 6.92 Å². The lowest BCUT2D eigenvalue weighted by atomic mass is 10.1. The maximum absolute atomic E-state index is 12.1. The van der Waals surface area contributed by atoms with Gasteiger partial charge in [-0.2, -0.15) is 0 Å². The Morgan fingerprint density at radius 1 is 1.44 bits per heavy atom. The van der Waals surface area contributed by atoms with Crippen LogP contribution in [0.25, 0.3) is 0 Å². The van der Waals surface area contributed by atoms with E-state index in [-0.39, 0.29) is 25.2 Å². The summed E-state index contributed by atoms with van der Waals surface area (Å²) in [5.41, 5.74) is 0.733. The van der Waals surface area contributed by atoms with Crippen molar-refractivity contribution in [1.82, 2.24) is 0 Å². The molecule has 5 nitrogen and oxygen atoms in total. The highest BCUT2D eigenvalue weighted by Gasteiger charge is 2.22. The van der Waals surface area contributed by atoms with Crippen molar-refractivity contribution >= 4 is 11.6 Å². The summed E-state index contributed by atoms with van der Waals surface area (Å²) in [5.74, 6) is 0.872. The lowest BCUT2D eigenvalue weighted by molar-refractivity contribution is -0.123. The number of carbonyl (C=O) groups is 1. The molecule has 18 heavy (non-hydrogen) atoms. The first-order chi connectivity index (χ1) is 8.67. The molecular formula is C13H17NO4. The molecule has 1 aromatic carbocycles. The van der Waals surface area contributed by atoms with Crippen molar-refractivity contribution in [3.8, 4) is 11.5 Å². The molecule has 0 aliphatic carbocycles. The van der Waals surface area contributed by atoms with Crippen molar-refractivity contribution < 1.29 is 19.4 Å². The number of amides is 1. The fourth-order valence-electron chi connectivity index (χ4n) is 1.88. The van der Waals surface area contributed by atoms with Gasteiger partial charge in [-0.05, 0) is 18.6 Å². The topological polar surface area (TPSA) is 59.0 Å². The zero-order valence-electron chi connectivity index (χ0n) is 10.5. The van der Waals surface area contributed by atoms with Gasteiger partial charge < -0.3 is 19.5 Å². The van der Waals surface area contributed by atoms with Gasteiger partial charge in [0.15, 0.2) is 11.5 Å². The van der Waals surface area contributed by atoms with E-state index < -0.39 is 0 Å². The van der Waals surface area contributed by atoms with Crippen molar-refractivity contribution in [2.24, 2.45) is 5.92 Å². The zero-order chi connectivity index (χ0) is 13.1. The van der Waals surface area contributed by atoms with E-state index in [1.165, 1.54) is 4.90 Å². The highest BCUT2D eigenvalue weighted by Crippen LogP contribution is 2.35. The molecular weight excluding hydrogens is 234 g/mol. The highest BCUT2D eigenvalue weighted by molar-refractivity contribution is 5.94. The lowest BCUT2D eigenvalue weighted by Crippen LogP contribution is -2.34. The van der Waals surface area contributed by atoms with Gasteiger partial charge in [0.05, 0.1) is 12.5 Å². The number of benzene rings is 1. The first-order valence-electron chi connectivity index (χ1n) is 5.95. The summed E-state index contributed by atoms with van der Waals surface area (Å²) in [7, 11) is 1.69. The minimum Gasteiger partial charge on any atom is -0.454 e. The Bertz CT molecular complexity index is 443. The molecule has 1 amide bonds. The van der Waals surface area contributed by atoms with Crippen molar-refractivity contribution in [3.63, 3.8) is 0 Å². The van der Waals surface area contributed by atoms with Crippen LogP contribution in [0.1, 0.15) is 13.3 Å². The van der Waals surface area contributed by atoms with Crippen LogP contribution >= 0.6 is 0 Å². The van der Waals surface area contributed by atoms with Gasteiger partial charge in [0.2, 0.25) is 12.7 Å². The molecule has 0 spiro atoms. The normalized spacial score (nSPS) is 14.4. The highest BCUT2D eigenvalue weighted by atomic mass is 16.7. The van der Waals surface area contributed by atoms with Crippen LogP contribution in [-0.4, -0.2) is 31.5 Å². The van der Waals surface area contributed by atoms with E-state index in [9.17, 15) is 4.79 Å². The van der Waals surface area contributed by atoms with Gasteiger partial charge in [-0.3, -0.25) is 4.79 Å². The Morgan fingerprint density at radius 2 is 2.17 bits per heavy atom. The van der Waals surface area contributed by atoms with Crippen LogP contribution in [0.2, 0.25) is 0 Å². The molecule has 0 aromatic heterocycles. The Hall–Kier alpha value is -1.75. The van der Waals surface area contributed by atoms with Crippen molar-refractivity contribution in [3.05, 3.63) is 18.2 Å². The van der Waals surface area contributed by atoms with Crippen LogP contribution in [0.3, 0.4) is 0 Å². The van der Waals surface area contributed by atoms with Gasteiger partial charge >= 0.3 is 0 Å². The molecule has 5 heteroatoms. The van der Waals surface area contributed by atoms with Gasteiger partial charge in [-0.1, -0.05) is 6.92 Å². The van der Waals surface area contributed by atoms with Crippen molar-refractivity contribution in [2.45, 2.75) is 13.3 Å². The maximum Gasteiger partial charge on any atom is 0.232 e. The molecule has 1 N–H and O–H groups in total. The van der Waals surface area contributed by atoms with Crippen LogP contribution in [0.5, 0.6) is 11.5 Å². The second kappa shape index (κ2) is 5.27. The lowest BCUT2D eigenvalue weighted by Gasteiger charge is -2.22. The number of aliphatic hydroxyl groups is 1. The zero-order valence-corrected chi connectivity index (χ0v) is 10.5. The number of carbonyl (C=O) groups excluding carboxylic acids is 1. The van der Waals surface area contributed by atoms with Gasteiger partial charge in [0.1, 0.15) is 0 Å². The van der Waals surface area contributed by atoms with Crippen LogP contribution in [0.4, 0.5) is 5.69 Å². The summed E-state index contributed by atoms with van der Waals surface area (Å²) in [6.45, 7) is 1.96. The minimum atomic E-state index is -0.361. The Labute approximate surface area is 106 Å². The van der Waals surface area contributed by atoms with E-state index in [4.69, 9.17) is 14.6 Å². The van der Waals surface area contributed by atoms with Gasteiger partial charge in [-0.25, -0.2) is 0 Å². The predicted molar refractivity (Wildman–Crippen MR) is 66.8 cm³/mol. The third-order valence-corrected chi connectivity index (χ3v) is 3.14. The summed E-state index contributed by atoms with van der Waals surface area (Å²) in [5, 5.41) is 9.15. The molecule has 1 heterocycles. The fourth-order valence-corrected chi connectivity index (χ4v) is 1.88. The SMILES string of the molecule is CCC(CO)C(=O)N(C)c1ccc2c(c1)OCO2. The molecule has 0 saturated carbocycles. The molecule has 0 fully saturated rings. The number of hydrogen-bond donors (Lipinski definition) is 1. The van der Waals surface area contributed by atoms with Crippen LogP contribution in [0.15, 0.2) is 18.2 Å². The predicted octanol–water partition coefficient (Wildman–Crippen LogP) is 1.40. The summed E-state index contributed by atoms with van der Waals surface area (Å²) in [6, 6.07) is 5.35. The molecule has 1 aromatic rings. The summed E-state index contributed by atoms with van der Waals surface area (Å²) >= 11 is 0. The van der Waals surface area contributed by atoms with E-state index in [1.54, 1.807) is 25.2 Å². The largest absolute Gasteiger partial charge is 0.454 e. The van der Waals surface area contributed by atoms with Crippen molar-refractivity contribution in [1.29, 1.82) is 0 Å². The minimum absolute atomic E-state index is 0.0983. The van der Waals surface area contributed by atoms with Crippen LogP contribution in [0, 0.1) is 5.92 Å². The molecule has 0 radical (unpaired) electrons. The summed E-state index contributed by atoms with van der Waals surface area (Å²) in [6.07, 6.45) is 0.615. The number of ether oxygens (including phenoxy) is 2. The monoisotopic (exact) mass is 251 g/mol. The quantitative estimate of drug-likeness (QED) is 0.878. The Morgan fingerprint density at radius 3 is 2.83 bits per heavy atom. The molecule has 0 bridgehead atoms. The van der Waals surface area contributed by atoms with E-state index in [2.05, 4.69) is 0 Å². The fraction of sp³-hybridized carbons (Fsp3) is 0.462. The average molecular weight is 251 g/mol. The number of hydrogen-bond acceptors (Lipinski definition) is 4. The van der Waals surface area contributed by atoms with Crippen molar-refractivity contribution in [2.75, 3.05) is 25.3 Å². The molecule has 2 rings (SSSR count). The third kappa shape index (κ3) is 2.26. The molecule has 0 saturated heterocycles. The van der Waals surface area contributed by atoms with E-state index in [0.29, 0.717) is 17.9 Å². The average Bonchev–Trinajstić information content (AvgIpc) is 2.86. The number of anilines is 1. The van der Waals surface area contributed by atoms with Crippen LogP contribution < -0.4 is 14.4 Å². The first kappa shape index (κ1) is 12.7. The summed E-state index contributed by atoms with van der Waals surface area (Å²) in [4.78, 5) is 13.6. The third-order valence-electron chi connectivity index (χ3n) is 3.14. The standard InChI is InChI=1S/C13H17NO4/c1-3-9(7-15)13(16)14(2)10-4-5-11-12(6-10)18-8-17-11/h4-6,9,15H,3,7-8H2,1-2H3. The van der Waals surface area contributed by atoms with E-state index >= 15 is 0 Å². The summed E-state index contributed by atoms with van der Waals surface area (Å²) < 4.78 is 10.5. The molecule has 1 unspecified atom stereocenters. The molecule has 1 aliphatic rings. The first-order valence-corrected chi connectivity index (χ1v) is 5.95. The van der Waals surface area contributed by atoms with Gasteiger partial charge in [0, 0.05) is 18.8 Å². The number of rotatable bonds is 4. The van der Waals surface area contributed by atoms with Crippen LogP contribution in [-0.2, 0) is 4.79 Å². The van der Waals surface area contributed by atoms with Gasteiger partial charge in [-0.15, -0.1) is 0 Å². The number of nitrogens with zero attached hydrogens (tertiary/aromatic N) is 1. The number of fused-ring (bicyclic) bond motifs is 1. The maximum atomic E-state index is 12.1. The Kier molecular flexibility index (Phi) is 3.72. The molecule has 1 atom stereocenters. The van der Waals surface area contributed by atoms with E-state index in [0.717, 1.165) is 5.69 Å². The number of aliphatic hydroxyl groups excluding tert-OH is 1. The molecule has 1 aliphatic heterocycles.